The van der Waals surface area contributed by atoms with E-state index >= 15 is 0 Å². The van der Waals surface area contributed by atoms with Crippen LogP contribution in [-0.4, -0.2) is 60.1 Å². The van der Waals surface area contributed by atoms with Gasteiger partial charge in [0, 0.05) is 35.7 Å². The third-order valence-corrected chi connectivity index (χ3v) is 10.3. The van der Waals surface area contributed by atoms with E-state index in [9.17, 15) is 21.6 Å². The zero-order valence-corrected chi connectivity index (χ0v) is 27.5. The molecular weight excluding hydrogens is 623 g/mol. The number of fused-ring (bicyclic) bond motifs is 1. The molecular formula is C34H37N5O5S2. The Labute approximate surface area is 270 Å². The van der Waals surface area contributed by atoms with E-state index in [1.807, 2.05) is 44.2 Å². The van der Waals surface area contributed by atoms with Crippen LogP contribution in [-0.2, 0) is 24.8 Å². The van der Waals surface area contributed by atoms with Crippen LogP contribution in [0.15, 0.2) is 108 Å². The van der Waals surface area contributed by atoms with Gasteiger partial charge in [-0.05, 0) is 73.3 Å². The van der Waals surface area contributed by atoms with Crippen LogP contribution < -0.4 is 19.7 Å². The molecule has 0 unspecified atom stereocenters. The SMILES string of the molecule is CCN(CC)CCN(c1ccc(NC(=C2C(=O)Nc3ccc(S(=O)(=O)Nc4ccccc4)cc32)c2ccccc2)cc1)S(C)(=O)=O. The standard InChI is InChI=1S/C34H37N5O5S2/c1-4-38(5-2)22-23-39(45(3,41)42)28-18-16-26(17-19-28)35-33(25-12-8-6-9-13-25)32-30-24-29(20-21-31(30)36-34(32)40)46(43,44)37-27-14-10-7-11-15-27/h6-21,24,35,37H,4-5,22-23H2,1-3H3,(H,36,40). The van der Waals surface area contributed by atoms with E-state index in [2.05, 4.69) is 20.3 Å². The smallest absolute Gasteiger partial charge is 0.261 e. The van der Waals surface area contributed by atoms with Crippen LogP contribution in [0.5, 0.6) is 0 Å². The van der Waals surface area contributed by atoms with Crippen LogP contribution in [0.4, 0.5) is 22.7 Å². The van der Waals surface area contributed by atoms with Crippen molar-refractivity contribution in [3.63, 3.8) is 0 Å². The summed E-state index contributed by atoms with van der Waals surface area (Å²) in [6.45, 7) is 6.63. The van der Waals surface area contributed by atoms with Gasteiger partial charge in [0.2, 0.25) is 10.0 Å². The molecule has 12 heteroatoms. The van der Waals surface area contributed by atoms with Gasteiger partial charge in [0.1, 0.15) is 0 Å². The number of sulfonamides is 2. The van der Waals surface area contributed by atoms with Crippen LogP contribution in [0, 0.1) is 0 Å². The number of carbonyl (C=O) groups is 1. The van der Waals surface area contributed by atoms with Gasteiger partial charge in [-0.1, -0.05) is 62.4 Å². The van der Waals surface area contributed by atoms with Crippen LogP contribution in [0.3, 0.4) is 0 Å². The Kier molecular flexibility index (Phi) is 9.80. The molecule has 1 aliphatic heterocycles. The van der Waals surface area contributed by atoms with Crippen LogP contribution >= 0.6 is 0 Å². The van der Waals surface area contributed by atoms with E-state index < -0.39 is 20.0 Å². The molecule has 1 heterocycles. The highest BCUT2D eigenvalue weighted by atomic mass is 32.2. The normalized spacial score (nSPS) is 14.0. The van der Waals surface area contributed by atoms with E-state index in [4.69, 9.17) is 0 Å². The molecule has 0 bridgehead atoms. The van der Waals surface area contributed by atoms with E-state index in [1.54, 1.807) is 60.7 Å². The molecule has 0 saturated heterocycles. The van der Waals surface area contributed by atoms with Gasteiger partial charge in [0.15, 0.2) is 0 Å². The maximum absolute atomic E-state index is 13.5. The highest BCUT2D eigenvalue weighted by Gasteiger charge is 2.30. The predicted octanol–water partition coefficient (Wildman–Crippen LogP) is 5.53. The summed E-state index contributed by atoms with van der Waals surface area (Å²) in [7, 11) is -7.48. The minimum absolute atomic E-state index is 0.00597. The van der Waals surface area contributed by atoms with Crippen molar-refractivity contribution in [2.75, 3.05) is 52.1 Å². The second kappa shape index (κ2) is 13.8. The summed E-state index contributed by atoms with van der Waals surface area (Å²) in [5.41, 5.74) is 3.94. The molecule has 0 spiro atoms. The lowest BCUT2D eigenvalue weighted by molar-refractivity contribution is -0.110. The Hall–Kier alpha value is -4.65. The fraction of sp³-hybridized carbons (Fsp3) is 0.206. The van der Waals surface area contributed by atoms with E-state index in [-0.39, 0.29) is 16.4 Å². The number of nitrogens with one attached hydrogen (secondary N) is 3. The Morgan fingerprint density at radius 3 is 2.00 bits per heavy atom. The van der Waals surface area contributed by atoms with Crippen molar-refractivity contribution in [2.24, 2.45) is 0 Å². The number of benzene rings is 4. The number of carbonyl (C=O) groups excluding carboxylic acids is 1. The van der Waals surface area contributed by atoms with Gasteiger partial charge in [0.25, 0.3) is 15.9 Å². The molecule has 3 N–H and O–H groups in total. The first-order valence-electron chi connectivity index (χ1n) is 14.9. The van der Waals surface area contributed by atoms with Crippen LogP contribution in [0.25, 0.3) is 11.3 Å². The highest BCUT2D eigenvalue weighted by Crippen LogP contribution is 2.39. The molecule has 4 aromatic carbocycles. The van der Waals surface area contributed by atoms with E-state index in [0.29, 0.717) is 52.7 Å². The molecule has 46 heavy (non-hydrogen) atoms. The van der Waals surface area contributed by atoms with Crippen LogP contribution in [0.1, 0.15) is 25.0 Å². The predicted molar refractivity (Wildman–Crippen MR) is 186 cm³/mol. The van der Waals surface area contributed by atoms with Crippen LogP contribution in [0.2, 0.25) is 0 Å². The third-order valence-electron chi connectivity index (χ3n) is 7.72. The minimum atomic E-state index is -3.95. The Morgan fingerprint density at radius 2 is 1.39 bits per heavy atom. The Balaban J connectivity index is 1.52. The van der Waals surface area contributed by atoms with E-state index in [0.717, 1.165) is 13.1 Å². The molecule has 4 aromatic rings. The average molecular weight is 660 g/mol. The summed E-state index contributed by atoms with van der Waals surface area (Å²) in [4.78, 5) is 15.6. The monoisotopic (exact) mass is 659 g/mol. The lowest BCUT2D eigenvalue weighted by Gasteiger charge is -2.26. The van der Waals surface area contributed by atoms with Gasteiger partial charge in [-0.25, -0.2) is 16.8 Å². The minimum Gasteiger partial charge on any atom is -0.354 e. The summed E-state index contributed by atoms with van der Waals surface area (Å²) in [5, 5.41) is 6.21. The number of likely N-dealkylation sites (N-methyl/N-ethyl adjacent to an activating group) is 1. The van der Waals surface area contributed by atoms with Crippen molar-refractivity contribution in [2.45, 2.75) is 18.7 Å². The number of anilines is 4. The fourth-order valence-corrected chi connectivity index (χ4v) is 7.28. The van der Waals surface area contributed by atoms with Gasteiger partial charge >= 0.3 is 0 Å². The van der Waals surface area contributed by atoms with Crippen molar-refractivity contribution < 1.29 is 21.6 Å². The van der Waals surface area contributed by atoms with Crippen molar-refractivity contribution in [1.29, 1.82) is 0 Å². The van der Waals surface area contributed by atoms with Crippen molar-refractivity contribution >= 4 is 60.0 Å². The van der Waals surface area contributed by atoms with Gasteiger partial charge in [-0.15, -0.1) is 0 Å². The van der Waals surface area contributed by atoms with Gasteiger partial charge in [0.05, 0.1) is 28.1 Å². The molecule has 1 aliphatic rings. The van der Waals surface area contributed by atoms with Crippen molar-refractivity contribution in [3.05, 3.63) is 114 Å². The van der Waals surface area contributed by atoms with Gasteiger partial charge in [-0.2, -0.15) is 0 Å². The summed E-state index contributed by atoms with van der Waals surface area (Å²) in [6, 6.07) is 29.3. The Bertz CT molecular complexity index is 1940. The molecule has 0 saturated carbocycles. The maximum atomic E-state index is 13.5. The second-order valence-electron chi connectivity index (χ2n) is 10.8. The second-order valence-corrected chi connectivity index (χ2v) is 14.4. The quantitative estimate of drug-likeness (QED) is 0.161. The lowest BCUT2D eigenvalue weighted by atomic mass is 10.00. The molecule has 0 atom stereocenters. The maximum Gasteiger partial charge on any atom is 0.261 e. The first-order valence-corrected chi connectivity index (χ1v) is 18.2. The molecule has 10 nitrogen and oxygen atoms in total. The highest BCUT2D eigenvalue weighted by molar-refractivity contribution is 7.92. The summed E-state index contributed by atoms with van der Waals surface area (Å²) in [6.07, 6.45) is 1.19. The molecule has 240 valence electrons. The molecule has 0 aliphatic carbocycles. The fourth-order valence-electron chi connectivity index (χ4n) is 5.28. The summed E-state index contributed by atoms with van der Waals surface area (Å²) in [5.74, 6) is -0.386. The molecule has 5 rings (SSSR count). The van der Waals surface area contributed by atoms with Gasteiger partial charge in [-0.3, -0.25) is 13.8 Å². The summed E-state index contributed by atoms with van der Waals surface area (Å²) < 4.78 is 55.9. The number of hydrogen-bond donors (Lipinski definition) is 3. The number of para-hydroxylation sites is 1. The first kappa shape index (κ1) is 32.7. The number of rotatable bonds is 13. The molecule has 0 fully saturated rings. The number of hydrogen-bond acceptors (Lipinski definition) is 7. The van der Waals surface area contributed by atoms with Crippen molar-refractivity contribution in [3.8, 4) is 0 Å². The molecule has 0 aromatic heterocycles. The zero-order chi connectivity index (χ0) is 32.9. The molecule has 1 amide bonds. The average Bonchev–Trinajstić information content (AvgIpc) is 3.37. The Morgan fingerprint density at radius 1 is 0.761 bits per heavy atom. The van der Waals surface area contributed by atoms with Crippen molar-refractivity contribution in [1.82, 2.24) is 4.90 Å². The number of amides is 1. The van der Waals surface area contributed by atoms with E-state index in [1.165, 1.54) is 22.7 Å². The number of nitrogens with zero attached hydrogens (tertiary/aromatic N) is 2. The third kappa shape index (κ3) is 7.41. The van der Waals surface area contributed by atoms with Gasteiger partial charge < -0.3 is 15.5 Å². The first-order chi connectivity index (χ1) is 22.0. The topological polar surface area (TPSA) is 128 Å². The zero-order valence-electron chi connectivity index (χ0n) is 25.9. The summed E-state index contributed by atoms with van der Waals surface area (Å²) >= 11 is 0. The largest absolute Gasteiger partial charge is 0.354 e. The molecule has 0 radical (unpaired) electrons. The lowest BCUT2D eigenvalue weighted by Crippen LogP contribution is -2.38.